The Bertz CT molecular complexity index is 920. The van der Waals surface area contributed by atoms with E-state index >= 15 is 0 Å². The van der Waals surface area contributed by atoms with Crippen molar-refractivity contribution < 1.29 is 9.59 Å². The molecule has 0 saturated carbocycles. The number of benzene rings is 3. The first-order valence-electron chi connectivity index (χ1n) is 8.42. The molecule has 3 aromatic rings. The van der Waals surface area contributed by atoms with Gasteiger partial charge in [-0.05, 0) is 42.8 Å². The lowest BCUT2D eigenvalue weighted by Gasteiger charge is -2.08. The molecule has 0 spiro atoms. The third kappa shape index (κ3) is 4.57. The molecule has 0 unspecified atom stereocenters. The molecule has 2 amide bonds. The molecule has 0 aromatic heterocycles. The van der Waals surface area contributed by atoms with Crippen molar-refractivity contribution in [3.63, 3.8) is 0 Å². The maximum Gasteiger partial charge on any atom is 0.255 e. The molecule has 2 N–H and O–H groups in total. The van der Waals surface area contributed by atoms with Crippen molar-refractivity contribution in [2.75, 3.05) is 5.32 Å². The molecule has 26 heavy (non-hydrogen) atoms. The maximum absolute atomic E-state index is 12.4. The lowest BCUT2D eigenvalue weighted by atomic mass is 10.1. The summed E-state index contributed by atoms with van der Waals surface area (Å²) in [7, 11) is 0. The van der Waals surface area contributed by atoms with Crippen molar-refractivity contribution in [1.29, 1.82) is 0 Å². The summed E-state index contributed by atoms with van der Waals surface area (Å²) in [5.74, 6) is -0.453. The van der Waals surface area contributed by atoms with Crippen LogP contribution in [0.2, 0.25) is 0 Å². The van der Waals surface area contributed by atoms with Gasteiger partial charge in [0.05, 0.1) is 0 Å². The van der Waals surface area contributed by atoms with Crippen LogP contribution < -0.4 is 10.6 Å². The van der Waals surface area contributed by atoms with Crippen molar-refractivity contribution >= 4 is 17.5 Å². The number of aryl methyl sites for hydroxylation is 1. The fourth-order valence-corrected chi connectivity index (χ4v) is 2.63. The Hall–Kier alpha value is -3.40. The quantitative estimate of drug-likeness (QED) is 0.729. The monoisotopic (exact) mass is 344 g/mol. The number of rotatable bonds is 5. The fraction of sp³-hybridized carbons (Fsp3) is 0.0909. The van der Waals surface area contributed by atoms with Crippen LogP contribution in [0.25, 0.3) is 0 Å². The Morgan fingerprint density at radius 2 is 1.46 bits per heavy atom. The van der Waals surface area contributed by atoms with E-state index in [2.05, 4.69) is 10.6 Å². The van der Waals surface area contributed by atoms with E-state index in [-0.39, 0.29) is 11.8 Å². The van der Waals surface area contributed by atoms with Gasteiger partial charge in [-0.2, -0.15) is 0 Å². The van der Waals surface area contributed by atoms with Crippen LogP contribution in [0.1, 0.15) is 31.8 Å². The van der Waals surface area contributed by atoms with Crippen molar-refractivity contribution in [3.05, 3.63) is 101 Å². The Morgan fingerprint density at radius 1 is 0.769 bits per heavy atom. The summed E-state index contributed by atoms with van der Waals surface area (Å²) in [6, 6.07) is 23.9. The van der Waals surface area contributed by atoms with Crippen LogP contribution >= 0.6 is 0 Å². The lowest BCUT2D eigenvalue weighted by Crippen LogP contribution is -2.23. The topological polar surface area (TPSA) is 58.2 Å². The van der Waals surface area contributed by atoms with Crippen LogP contribution in [0, 0.1) is 6.92 Å². The van der Waals surface area contributed by atoms with Crippen molar-refractivity contribution in [2.45, 2.75) is 13.5 Å². The Labute approximate surface area is 152 Å². The van der Waals surface area contributed by atoms with Gasteiger partial charge in [0.1, 0.15) is 0 Å². The summed E-state index contributed by atoms with van der Waals surface area (Å²) in [6.07, 6.45) is 0. The molecule has 0 atom stereocenters. The molecule has 0 heterocycles. The third-order valence-corrected chi connectivity index (χ3v) is 3.95. The summed E-state index contributed by atoms with van der Waals surface area (Å²) in [5, 5.41) is 5.71. The van der Waals surface area contributed by atoms with Crippen LogP contribution in [-0.2, 0) is 6.54 Å². The van der Waals surface area contributed by atoms with Crippen LogP contribution in [0.15, 0.2) is 78.9 Å². The summed E-state index contributed by atoms with van der Waals surface area (Å²) >= 11 is 0. The largest absolute Gasteiger partial charge is 0.348 e. The Morgan fingerprint density at radius 3 is 2.19 bits per heavy atom. The minimum absolute atomic E-state index is 0.208. The number of hydrogen-bond acceptors (Lipinski definition) is 2. The first-order valence-corrected chi connectivity index (χ1v) is 8.42. The van der Waals surface area contributed by atoms with Crippen molar-refractivity contribution in [2.24, 2.45) is 0 Å². The third-order valence-electron chi connectivity index (χ3n) is 3.95. The predicted molar refractivity (Wildman–Crippen MR) is 103 cm³/mol. The fourth-order valence-electron chi connectivity index (χ4n) is 2.63. The standard InChI is InChI=1S/C22H20N2O2/c1-16-7-5-8-17(13-16)15-23-21(25)18-9-6-10-19(14-18)22(26)24-20-11-3-2-4-12-20/h2-14H,15H2,1H3,(H,23,25)(H,24,26). The smallest absolute Gasteiger partial charge is 0.255 e. The first-order chi connectivity index (χ1) is 12.6. The highest BCUT2D eigenvalue weighted by Crippen LogP contribution is 2.11. The average Bonchev–Trinajstić information content (AvgIpc) is 2.67. The average molecular weight is 344 g/mol. The van der Waals surface area contributed by atoms with E-state index in [1.54, 1.807) is 24.3 Å². The molecule has 0 radical (unpaired) electrons. The van der Waals surface area contributed by atoms with Gasteiger partial charge < -0.3 is 10.6 Å². The van der Waals surface area contributed by atoms with Crippen molar-refractivity contribution in [1.82, 2.24) is 5.32 Å². The van der Waals surface area contributed by atoms with Crippen LogP contribution in [-0.4, -0.2) is 11.8 Å². The Balaban J connectivity index is 1.66. The predicted octanol–water partition coefficient (Wildman–Crippen LogP) is 4.18. The summed E-state index contributed by atoms with van der Waals surface area (Å²) < 4.78 is 0. The molecule has 3 rings (SSSR count). The molecule has 4 heteroatoms. The molecular weight excluding hydrogens is 324 g/mol. The van der Waals surface area contributed by atoms with Gasteiger partial charge in [-0.3, -0.25) is 9.59 Å². The Kier molecular flexibility index (Phi) is 5.44. The summed E-state index contributed by atoms with van der Waals surface area (Å²) in [6.45, 7) is 2.46. The molecule has 0 fully saturated rings. The molecule has 0 saturated heterocycles. The SMILES string of the molecule is Cc1cccc(CNC(=O)c2cccc(C(=O)Nc3ccccc3)c2)c1. The second-order valence-electron chi connectivity index (χ2n) is 6.07. The maximum atomic E-state index is 12.4. The first kappa shape index (κ1) is 17.4. The van der Waals surface area contributed by atoms with Crippen LogP contribution in [0.5, 0.6) is 0 Å². The number of carbonyl (C=O) groups is 2. The normalized spacial score (nSPS) is 10.2. The summed E-state index contributed by atoms with van der Waals surface area (Å²) in [4.78, 5) is 24.8. The van der Waals surface area contributed by atoms with Gasteiger partial charge in [0, 0.05) is 23.4 Å². The van der Waals surface area contributed by atoms with Gasteiger partial charge in [-0.15, -0.1) is 0 Å². The number of para-hydroxylation sites is 1. The second kappa shape index (κ2) is 8.12. The molecule has 3 aromatic carbocycles. The molecule has 130 valence electrons. The van der Waals surface area contributed by atoms with Gasteiger partial charge in [-0.1, -0.05) is 54.1 Å². The highest BCUT2D eigenvalue weighted by Gasteiger charge is 2.10. The molecule has 4 nitrogen and oxygen atoms in total. The van der Waals surface area contributed by atoms with Crippen LogP contribution in [0.3, 0.4) is 0 Å². The van der Waals surface area contributed by atoms with Gasteiger partial charge in [0.15, 0.2) is 0 Å². The van der Waals surface area contributed by atoms with Gasteiger partial charge >= 0.3 is 0 Å². The van der Waals surface area contributed by atoms with E-state index in [0.29, 0.717) is 23.4 Å². The van der Waals surface area contributed by atoms with E-state index in [0.717, 1.165) is 11.1 Å². The minimum atomic E-state index is -0.246. The molecule has 0 aliphatic heterocycles. The molecule has 0 aliphatic rings. The second-order valence-corrected chi connectivity index (χ2v) is 6.07. The van der Waals surface area contributed by atoms with Gasteiger partial charge in [0.25, 0.3) is 11.8 Å². The number of anilines is 1. The number of carbonyl (C=O) groups excluding carboxylic acids is 2. The number of nitrogens with one attached hydrogen (secondary N) is 2. The van der Waals surface area contributed by atoms with E-state index in [1.165, 1.54) is 0 Å². The molecule has 0 aliphatic carbocycles. The van der Waals surface area contributed by atoms with Gasteiger partial charge in [0.2, 0.25) is 0 Å². The lowest BCUT2D eigenvalue weighted by molar-refractivity contribution is 0.0951. The number of hydrogen-bond donors (Lipinski definition) is 2. The van der Waals surface area contributed by atoms with E-state index in [9.17, 15) is 9.59 Å². The highest BCUT2D eigenvalue weighted by molar-refractivity contribution is 6.06. The zero-order chi connectivity index (χ0) is 18.4. The van der Waals surface area contributed by atoms with E-state index < -0.39 is 0 Å². The summed E-state index contributed by atoms with van der Waals surface area (Å²) in [5.41, 5.74) is 3.80. The molecule has 0 bridgehead atoms. The highest BCUT2D eigenvalue weighted by atomic mass is 16.2. The minimum Gasteiger partial charge on any atom is -0.348 e. The van der Waals surface area contributed by atoms with Gasteiger partial charge in [-0.25, -0.2) is 0 Å². The zero-order valence-corrected chi connectivity index (χ0v) is 14.5. The van der Waals surface area contributed by atoms with Crippen LogP contribution in [0.4, 0.5) is 5.69 Å². The zero-order valence-electron chi connectivity index (χ0n) is 14.5. The van der Waals surface area contributed by atoms with E-state index in [1.807, 2.05) is 61.5 Å². The molecular formula is C22H20N2O2. The van der Waals surface area contributed by atoms with Crippen molar-refractivity contribution in [3.8, 4) is 0 Å². The van der Waals surface area contributed by atoms with E-state index in [4.69, 9.17) is 0 Å². The number of amides is 2.